The van der Waals surface area contributed by atoms with Gasteiger partial charge in [-0.1, -0.05) is 48.5 Å². The van der Waals surface area contributed by atoms with Crippen molar-refractivity contribution >= 4 is 22.4 Å². The fourth-order valence-electron chi connectivity index (χ4n) is 2.34. The molecular weight excluding hydrogens is 258 g/mol. The third kappa shape index (κ3) is 2.63. The molecule has 0 bridgehead atoms. The van der Waals surface area contributed by atoms with Crippen LogP contribution in [0.15, 0.2) is 66.7 Å². The van der Waals surface area contributed by atoms with Crippen molar-refractivity contribution in [1.29, 1.82) is 5.26 Å². The summed E-state index contributed by atoms with van der Waals surface area (Å²) in [5.41, 5.74) is 1.94. The van der Waals surface area contributed by atoms with Crippen LogP contribution in [0, 0.1) is 11.3 Å². The zero-order valence-electron chi connectivity index (χ0n) is 11.3. The van der Waals surface area contributed by atoms with Crippen molar-refractivity contribution in [3.05, 3.63) is 77.9 Å². The third-order valence-corrected chi connectivity index (χ3v) is 3.40. The Morgan fingerprint density at radius 2 is 1.62 bits per heavy atom. The molecular formula is C19H13NO. The number of phenolic OH excluding ortho intramolecular Hbond substituents is 1. The minimum Gasteiger partial charge on any atom is -0.507 e. The number of benzene rings is 3. The van der Waals surface area contributed by atoms with Crippen molar-refractivity contribution in [2.24, 2.45) is 0 Å². The summed E-state index contributed by atoms with van der Waals surface area (Å²) < 4.78 is 0. The number of fused-ring (bicyclic) bond motifs is 1. The SMILES string of the molecule is N#CC(=Cc1ccc2ccccc2c1)c1ccccc1O. The Morgan fingerprint density at radius 1 is 0.905 bits per heavy atom. The molecule has 21 heavy (non-hydrogen) atoms. The average Bonchev–Trinajstić information content (AvgIpc) is 2.53. The molecule has 0 amide bonds. The predicted octanol–water partition coefficient (Wildman–Crippen LogP) is 4.61. The van der Waals surface area contributed by atoms with Gasteiger partial charge in [-0.15, -0.1) is 0 Å². The van der Waals surface area contributed by atoms with Gasteiger partial charge in [0.15, 0.2) is 0 Å². The molecule has 0 aliphatic heterocycles. The Kier molecular flexibility index (Phi) is 3.41. The van der Waals surface area contributed by atoms with E-state index >= 15 is 0 Å². The summed E-state index contributed by atoms with van der Waals surface area (Å²) >= 11 is 0. The van der Waals surface area contributed by atoms with E-state index in [1.165, 1.54) is 0 Å². The summed E-state index contributed by atoms with van der Waals surface area (Å²) in [6.45, 7) is 0. The van der Waals surface area contributed by atoms with Crippen molar-refractivity contribution < 1.29 is 5.11 Å². The van der Waals surface area contributed by atoms with Crippen LogP contribution < -0.4 is 0 Å². The van der Waals surface area contributed by atoms with Crippen molar-refractivity contribution in [2.75, 3.05) is 0 Å². The number of para-hydroxylation sites is 1. The molecule has 0 aliphatic carbocycles. The molecule has 0 aliphatic rings. The minimum atomic E-state index is 0.117. The second-order valence-electron chi connectivity index (χ2n) is 4.79. The quantitative estimate of drug-likeness (QED) is 0.546. The van der Waals surface area contributed by atoms with Crippen LogP contribution in [0.3, 0.4) is 0 Å². The molecule has 3 aromatic rings. The first-order valence-electron chi connectivity index (χ1n) is 6.67. The van der Waals surface area contributed by atoms with Gasteiger partial charge in [-0.3, -0.25) is 0 Å². The van der Waals surface area contributed by atoms with Gasteiger partial charge in [0.25, 0.3) is 0 Å². The number of aromatic hydroxyl groups is 1. The average molecular weight is 271 g/mol. The van der Waals surface area contributed by atoms with Crippen molar-refractivity contribution in [1.82, 2.24) is 0 Å². The monoisotopic (exact) mass is 271 g/mol. The number of nitrogens with zero attached hydrogens (tertiary/aromatic N) is 1. The second-order valence-corrected chi connectivity index (χ2v) is 4.79. The van der Waals surface area contributed by atoms with Gasteiger partial charge in [0.1, 0.15) is 5.75 Å². The molecule has 0 atom stereocenters. The van der Waals surface area contributed by atoms with E-state index in [0.29, 0.717) is 11.1 Å². The Hall–Kier alpha value is -3.05. The highest BCUT2D eigenvalue weighted by Crippen LogP contribution is 2.26. The lowest BCUT2D eigenvalue weighted by Crippen LogP contribution is -1.83. The van der Waals surface area contributed by atoms with Crippen LogP contribution in [0.5, 0.6) is 5.75 Å². The van der Waals surface area contributed by atoms with E-state index in [-0.39, 0.29) is 5.75 Å². The molecule has 2 nitrogen and oxygen atoms in total. The molecule has 100 valence electrons. The maximum Gasteiger partial charge on any atom is 0.124 e. The lowest BCUT2D eigenvalue weighted by molar-refractivity contribution is 0.474. The van der Waals surface area contributed by atoms with Gasteiger partial charge in [0.05, 0.1) is 11.6 Å². The van der Waals surface area contributed by atoms with E-state index in [4.69, 9.17) is 0 Å². The van der Waals surface area contributed by atoms with Crippen molar-refractivity contribution in [2.45, 2.75) is 0 Å². The van der Waals surface area contributed by atoms with Crippen LogP contribution in [-0.4, -0.2) is 5.11 Å². The molecule has 1 N–H and O–H groups in total. The first-order valence-corrected chi connectivity index (χ1v) is 6.67. The van der Waals surface area contributed by atoms with Crippen LogP contribution in [0.4, 0.5) is 0 Å². The fourth-order valence-corrected chi connectivity index (χ4v) is 2.34. The largest absolute Gasteiger partial charge is 0.507 e. The molecule has 2 heteroatoms. The molecule has 3 rings (SSSR count). The van der Waals surface area contributed by atoms with Gasteiger partial charge >= 0.3 is 0 Å². The molecule has 0 spiro atoms. The molecule has 0 unspecified atom stereocenters. The van der Waals surface area contributed by atoms with E-state index in [1.807, 2.05) is 36.4 Å². The molecule has 0 radical (unpaired) electrons. The Labute approximate surface area is 123 Å². The van der Waals surface area contributed by atoms with Gasteiger partial charge in [-0.25, -0.2) is 0 Å². The fraction of sp³-hybridized carbons (Fsp3) is 0. The normalized spacial score (nSPS) is 11.3. The van der Waals surface area contributed by atoms with E-state index < -0.39 is 0 Å². The molecule has 0 saturated heterocycles. The summed E-state index contributed by atoms with van der Waals surface area (Å²) in [6, 6.07) is 23.1. The highest BCUT2D eigenvalue weighted by atomic mass is 16.3. The minimum absolute atomic E-state index is 0.117. The van der Waals surface area contributed by atoms with Crippen LogP contribution in [-0.2, 0) is 0 Å². The Morgan fingerprint density at radius 3 is 2.38 bits per heavy atom. The summed E-state index contributed by atoms with van der Waals surface area (Å²) in [4.78, 5) is 0. The summed E-state index contributed by atoms with van der Waals surface area (Å²) in [7, 11) is 0. The van der Waals surface area contributed by atoms with Gasteiger partial charge in [0.2, 0.25) is 0 Å². The summed E-state index contributed by atoms with van der Waals surface area (Å²) in [5.74, 6) is 0.117. The van der Waals surface area contributed by atoms with E-state index in [1.54, 1.807) is 30.3 Å². The van der Waals surface area contributed by atoms with E-state index in [2.05, 4.69) is 12.1 Å². The van der Waals surface area contributed by atoms with E-state index in [0.717, 1.165) is 16.3 Å². The summed E-state index contributed by atoms with van der Waals surface area (Å²) in [6.07, 6.45) is 1.79. The predicted molar refractivity (Wildman–Crippen MR) is 85.5 cm³/mol. The van der Waals surface area contributed by atoms with Gasteiger partial charge in [0, 0.05) is 5.56 Å². The highest BCUT2D eigenvalue weighted by molar-refractivity contribution is 5.93. The van der Waals surface area contributed by atoms with Crippen LogP contribution in [0.25, 0.3) is 22.4 Å². The topological polar surface area (TPSA) is 44.0 Å². The zero-order valence-corrected chi connectivity index (χ0v) is 11.3. The number of hydrogen-bond acceptors (Lipinski definition) is 2. The van der Waals surface area contributed by atoms with Gasteiger partial charge in [-0.05, 0) is 40.6 Å². The number of nitriles is 1. The van der Waals surface area contributed by atoms with Crippen LogP contribution in [0.1, 0.15) is 11.1 Å². The smallest absolute Gasteiger partial charge is 0.124 e. The number of phenols is 1. The molecule has 0 heterocycles. The Bertz CT molecular complexity index is 872. The maximum atomic E-state index is 9.87. The van der Waals surface area contributed by atoms with E-state index in [9.17, 15) is 10.4 Å². The molecule has 0 aromatic heterocycles. The second kappa shape index (κ2) is 5.52. The molecule has 0 fully saturated rings. The molecule has 0 saturated carbocycles. The zero-order chi connectivity index (χ0) is 14.7. The number of allylic oxidation sites excluding steroid dienone is 1. The lowest BCUT2D eigenvalue weighted by Gasteiger charge is -2.04. The first-order chi connectivity index (χ1) is 10.3. The summed E-state index contributed by atoms with van der Waals surface area (Å²) in [5, 5.41) is 21.5. The standard InChI is InChI=1S/C19H13NO/c20-13-17(18-7-3-4-8-19(18)21)12-14-9-10-15-5-1-2-6-16(15)11-14/h1-12,21H. The van der Waals surface area contributed by atoms with Crippen LogP contribution >= 0.6 is 0 Å². The third-order valence-electron chi connectivity index (χ3n) is 3.40. The maximum absolute atomic E-state index is 9.87. The van der Waals surface area contributed by atoms with Gasteiger partial charge < -0.3 is 5.11 Å². The first kappa shape index (κ1) is 13.0. The lowest BCUT2D eigenvalue weighted by atomic mass is 10.0. The number of hydrogen-bond donors (Lipinski definition) is 1. The highest BCUT2D eigenvalue weighted by Gasteiger charge is 2.06. The Balaban J connectivity index is 2.09. The van der Waals surface area contributed by atoms with Crippen LogP contribution in [0.2, 0.25) is 0 Å². The number of rotatable bonds is 2. The van der Waals surface area contributed by atoms with Crippen molar-refractivity contribution in [3.63, 3.8) is 0 Å². The molecule has 3 aromatic carbocycles. The van der Waals surface area contributed by atoms with Gasteiger partial charge in [-0.2, -0.15) is 5.26 Å². The van der Waals surface area contributed by atoms with Crippen molar-refractivity contribution in [3.8, 4) is 11.8 Å².